The molecule has 0 saturated heterocycles. The summed E-state index contributed by atoms with van der Waals surface area (Å²) in [6.07, 6.45) is -1.17. The maximum atomic E-state index is 9.75. The summed E-state index contributed by atoms with van der Waals surface area (Å²) >= 11 is 0. The summed E-state index contributed by atoms with van der Waals surface area (Å²) in [6.45, 7) is 5.53. The lowest BCUT2D eigenvalue weighted by atomic mass is 10.00. The van der Waals surface area contributed by atoms with E-state index in [-0.39, 0.29) is 0 Å². The van der Waals surface area contributed by atoms with Gasteiger partial charge < -0.3 is 10.2 Å². The van der Waals surface area contributed by atoms with E-state index in [1.165, 1.54) is 0 Å². The Morgan fingerprint density at radius 3 is 2.36 bits per heavy atom. The fourth-order valence-corrected chi connectivity index (χ4v) is 1.34. The quantitative estimate of drug-likeness (QED) is 0.717. The predicted molar refractivity (Wildman–Crippen MR) is 56.8 cm³/mol. The van der Waals surface area contributed by atoms with Crippen LogP contribution in [0.4, 0.5) is 0 Å². The van der Waals surface area contributed by atoms with Crippen LogP contribution in [0.5, 0.6) is 0 Å². The van der Waals surface area contributed by atoms with Gasteiger partial charge in [0.15, 0.2) is 0 Å². The topological polar surface area (TPSA) is 40.5 Å². The van der Waals surface area contributed by atoms with Crippen LogP contribution in [0.25, 0.3) is 0 Å². The molecule has 0 saturated carbocycles. The smallest absolute Gasteiger partial charge is 0.105 e. The summed E-state index contributed by atoms with van der Waals surface area (Å²) in [7, 11) is 0. The Hall–Kier alpha value is -1.12. The number of aliphatic hydroxyl groups excluding tert-OH is 2. The highest BCUT2D eigenvalue weighted by atomic mass is 16.3. The van der Waals surface area contributed by atoms with Crippen molar-refractivity contribution in [1.82, 2.24) is 0 Å². The molecular formula is C12H16O2. The Labute approximate surface area is 84.5 Å². The Morgan fingerprint density at radius 1 is 1.29 bits per heavy atom. The van der Waals surface area contributed by atoms with Gasteiger partial charge in [-0.05, 0) is 18.9 Å². The summed E-state index contributed by atoms with van der Waals surface area (Å²) in [5.74, 6) is 0. The summed E-state index contributed by atoms with van der Waals surface area (Å²) in [5, 5.41) is 19.4. The highest BCUT2D eigenvalue weighted by Gasteiger charge is 2.17. The van der Waals surface area contributed by atoms with Gasteiger partial charge in [-0.3, -0.25) is 0 Å². The molecule has 76 valence electrons. The van der Waals surface area contributed by atoms with E-state index < -0.39 is 12.2 Å². The van der Waals surface area contributed by atoms with Crippen molar-refractivity contribution in [3.05, 3.63) is 48.0 Å². The molecule has 0 aliphatic heterocycles. The Kier molecular flexibility index (Phi) is 3.86. The number of aliphatic hydroxyl groups is 2. The molecule has 0 bridgehead atoms. The maximum absolute atomic E-state index is 9.75. The van der Waals surface area contributed by atoms with Crippen molar-refractivity contribution in [2.24, 2.45) is 0 Å². The van der Waals surface area contributed by atoms with Crippen LogP contribution in [-0.2, 0) is 0 Å². The Morgan fingerprint density at radius 2 is 1.86 bits per heavy atom. The number of benzene rings is 1. The summed E-state index contributed by atoms with van der Waals surface area (Å²) in [6, 6.07) is 9.15. The third kappa shape index (κ3) is 2.98. The van der Waals surface area contributed by atoms with Crippen molar-refractivity contribution in [3.63, 3.8) is 0 Å². The van der Waals surface area contributed by atoms with Gasteiger partial charge in [-0.2, -0.15) is 0 Å². The van der Waals surface area contributed by atoms with Gasteiger partial charge in [-0.1, -0.05) is 35.9 Å². The normalized spacial score (nSPS) is 14.8. The fourth-order valence-electron chi connectivity index (χ4n) is 1.34. The molecule has 14 heavy (non-hydrogen) atoms. The first-order valence-corrected chi connectivity index (χ1v) is 4.66. The second-order valence-electron chi connectivity index (χ2n) is 3.58. The van der Waals surface area contributed by atoms with Gasteiger partial charge in [0, 0.05) is 0 Å². The second kappa shape index (κ2) is 4.94. The van der Waals surface area contributed by atoms with Gasteiger partial charge in [-0.15, -0.1) is 6.58 Å². The van der Waals surface area contributed by atoms with Gasteiger partial charge in [0.05, 0.1) is 6.10 Å². The average molecular weight is 192 g/mol. The SMILES string of the molecule is C=C(C)CC(O)C(O)c1ccccc1. The molecule has 2 heteroatoms. The average Bonchev–Trinajstić information content (AvgIpc) is 2.17. The first-order valence-electron chi connectivity index (χ1n) is 4.66. The maximum Gasteiger partial charge on any atom is 0.105 e. The van der Waals surface area contributed by atoms with E-state index in [1.807, 2.05) is 25.1 Å². The lowest BCUT2D eigenvalue weighted by molar-refractivity contribution is 0.0191. The third-order valence-corrected chi connectivity index (χ3v) is 2.06. The number of rotatable bonds is 4. The van der Waals surface area contributed by atoms with E-state index >= 15 is 0 Å². The van der Waals surface area contributed by atoms with Crippen molar-refractivity contribution in [1.29, 1.82) is 0 Å². The number of hydrogen-bond acceptors (Lipinski definition) is 2. The van der Waals surface area contributed by atoms with Crippen molar-refractivity contribution < 1.29 is 10.2 Å². The van der Waals surface area contributed by atoms with E-state index in [0.717, 1.165) is 11.1 Å². The molecular weight excluding hydrogens is 176 g/mol. The van der Waals surface area contributed by atoms with E-state index in [4.69, 9.17) is 0 Å². The molecule has 0 fully saturated rings. The molecule has 2 unspecified atom stereocenters. The Balaban J connectivity index is 2.65. The van der Waals surface area contributed by atoms with E-state index in [2.05, 4.69) is 6.58 Å². The molecule has 0 aromatic heterocycles. The van der Waals surface area contributed by atoms with Gasteiger partial charge in [0.25, 0.3) is 0 Å². The lowest BCUT2D eigenvalue weighted by Gasteiger charge is -2.17. The molecule has 2 N–H and O–H groups in total. The second-order valence-corrected chi connectivity index (χ2v) is 3.58. The van der Waals surface area contributed by atoms with Crippen LogP contribution < -0.4 is 0 Å². The monoisotopic (exact) mass is 192 g/mol. The first-order chi connectivity index (χ1) is 6.61. The van der Waals surface area contributed by atoms with Crippen molar-refractivity contribution in [3.8, 4) is 0 Å². The first kappa shape index (κ1) is 11.0. The fraction of sp³-hybridized carbons (Fsp3) is 0.333. The summed E-state index contributed by atoms with van der Waals surface area (Å²) in [5.41, 5.74) is 1.61. The number of hydrogen-bond donors (Lipinski definition) is 2. The van der Waals surface area contributed by atoms with Gasteiger partial charge >= 0.3 is 0 Å². The molecule has 2 nitrogen and oxygen atoms in total. The largest absolute Gasteiger partial charge is 0.390 e. The zero-order valence-electron chi connectivity index (χ0n) is 8.35. The molecule has 0 radical (unpaired) electrons. The molecule has 0 amide bonds. The van der Waals surface area contributed by atoms with Gasteiger partial charge in [0.1, 0.15) is 6.10 Å². The minimum atomic E-state index is -0.826. The molecule has 0 heterocycles. The lowest BCUT2D eigenvalue weighted by Crippen LogP contribution is -2.18. The zero-order valence-corrected chi connectivity index (χ0v) is 8.35. The summed E-state index contributed by atoms with van der Waals surface area (Å²) in [4.78, 5) is 0. The molecule has 0 aliphatic carbocycles. The molecule has 1 rings (SSSR count). The van der Waals surface area contributed by atoms with Crippen molar-refractivity contribution >= 4 is 0 Å². The highest BCUT2D eigenvalue weighted by molar-refractivity contribution is 5.18. The molecule has 0 aliphatic rings. The van der Waals surface area contributed by atoms with Crippen LogP contribution in [0.3, 0.4) is 0 Å². The van der Waals surface area contributed by atoms with Crippen molar-refractivity contribution in [2.45, 2.75) is 25.6 Å². The van der Waals surface area contributed by atoms with Crippen LogP contribution >= 0.6 is 0 Å². The van der Waals surface area contributed by atoms with Gasteiger partial charge in [-0.25, -0.2) is 0 Å². The minimum Gasteiger partial charge on any atom is -0.390 e. The standard InChI is InChI=1S/C12H16O2/c1-9(2)8-11(13)12(14)10-6-4-3-5-7-10/h3-7,11-14H,1,8H2,2H3. The van der Waals surface area contributed by atoms with E-state index in [0.29, 0.717) is 6.42 Å². The predicted octanol–water partition coefficient (Wildman–Crippen LogP) is 2.05. The summed E-state index contributed by atoms with van der Waals surface area (Å²) < 4.78 is 0. The van der Waals surface area contributed by atoms with Crippen LogP contribution in [0, 0.1) is 0 Å². The van der Waals surface area contributed by atoms with Crippen LogP contribution in [0.1, 0.15) is 25.0 Å². The van der Waals surface area contributed by atoms with Crippen molar-refractivity contribution in [2.75, 3.05) is 0 Å². The molecule has 1 aromatic rings. The van der Waals surface area contributed by atoms with Crippen LogP contribution in [0.15, 0.2) is 42.5 Å². The Bertz CT molecular complexity index is 292. The molecule has 2 atom stereocenters. The van der Waals surface area contributed by atoms with E-state index in [9.17, 15) is 10.2 Å². The van der Waals surface area contributed by atoms with E-state index in [1.54, 1.807) is 12.1 Å². The highest BCUT2D eigenvalue weighted by Crippen LogP contribution is 2.20. The molecule has 1 aromatic carbocycles. The van der Waals surface area contributed by atoms with Gasteiger partial charge in [0.2, 0.25) is 0 Å². The van der Waals surface area contributed by atoms with Crippen LogP contribution in [0.2, 0.25) is 0 Å². The minimum absolute atomic E-state index is 0.427. The zero-order chi connectivity index (χ0) is 10.6. The van der Waals surface area contributed by atoms with Crippen LogP contribution in [-0.4, -0.2) is 16.3 Å². The molecule has 0 spiro atoms. The third-order valence-electron chi connectivity index (χ3n) is 2.06.